The van der Waals surface area contributed by atoms with Crippen LogP contribution in [0.5, 0.6) is 0 Å². The first kappa shape index (κ1) is 12.3. The van der Waals surface area contributed by atoms with Gasteiger partial charge in [0.1, 0.15) is 0 Å². The normalized spacial score (nSPS) is 18.7. The molecule has 0 aromatic heterocycles. The van der Waals surface area contributed by atoms with E-state index in [1.807, 2.05) is 0 Å². The monoisotopic (exact) mass is 223 g/mol. The molecular weight excluding hydrogens is 207 g/mol. The van der Waals surface area contributed by atoms with Crippen molar-refractivity contribution in [1.82, 2.24) is 4.90 Å². The van der Waals surface area contributed by atoms with E-state index in [4.69, 9.17) is 0 Å². The Labute approximate surface area is 87.4 Å². The fraction of sp³-hybridized carbons (Fsp3) is 0.900. The van der Waals surface area contributed by atoms with Gasteiger partial charge >= 0.3 is 6.18 Å². The molecule has 0 bridgehead atoms. The molecule has 0 aromatic carbocycles. The third kappa shape index (κ3) is 5.04. The third-order valence-corrected chi connectivity index (χ3v) is 2.58. The molecule has 1 aliphatic rings. The number of nitrogens with zero attached hydrogens (tertiary/aromatic N) is 1. The molecule has 5 heteroatoms. The summed E-state index contributed by atoms with van der Waals surface area (Å²) in [4.78, 5) is 13.0. The molecule has 0 N–H and O–H groups in total. The molecule has 1 rings (SSSR count). The standard InChI is InChI=1S/C10H16F3NO/c11-10(12,13)6-5-9(15)14-7-3-1-2-4-8-14/h1-8H2. The first-order valence-electron chi connectivity index (χ1n) is 5.33. The van der Waals surface area contributed by atoms with Crippen molar-refractivity contribution in [1.29, 1.82) is 0 Å². The Kier molecular flexibility index (Phi) is 4.42. The molecule has 1 saturated heterocycles. The largest absolute Gasteiger partial charge is 0.389 e. The van der Waals surface area contributed by atoms with Gasteiger partial charge < -0.3 is 4.90 Å². The zero-order valence-electron chi connectivity index (χ0n) is 8.65. The molecule has 0 saturated carbocycles. The van der Waals surface area contributed by atoms with E-state index < -0.39 is 19.0 Å². The summed E-state index contributed by atoms with van der Waals surface area (Å²) < 4.78 is 35.7. The summed E-state index contributed by atoms with van der Waals surface area (Å²) in [7, 11) is 0. The first-order chi connectivity index (χ1) is 6.99. The molecule has 0 spiro atoms. The van der Waals surface area contributed by atoms with Crippen molar-refractivity contribution in [2.45, 2.75) is 44.7 Å². The van der Waals surface area contributed by atoms with Gasteiger partial charge in [0, 0.05) is 19.5 Å². The van der Waals surface area contributed by atoms with Crippen molar-refractivity contribution in [3.63, 3.8) is 0 Å². The van der Waals surface area contributed by atoms with Crippen LogP contribution in [0.3, 0.4) is 0 Å². The molecule has 0 aliphatic carbocycles. The molecule has 0 aromatic rings. The van der Waals surface area contributed by atoms with Crippen molar-refractivity contribution < 1.29 is 18.0 Å². The number of carbonyl (C=O) groups is 1. The van der Waals surface area contributed by atoms with E-state index in [9.17, 15) is 18.0 Å². The van der Waals surface area contributed by atoms with Crippen LogP contribution in [0.15, 0.2) is 0 Å². The second-order valence-electron chi connectivity index (χ2n) is 3.91. The molecule has 0 atom stereocenters. The van der Waals surface area contributed by atoms with Gasteiger partial charge in [-0.3, -0.25) is 4.79 Å². The summed E-state index contributed by atoms with van der Waals surface area (Å²) in [5.41, 5.74) is 0. The summed E-state index contributed by atoms with van der Waals surface area (Å²) in [5, 5.41) is 0. The lowest BCUT2D eigenvalue weighted by Crippen LogP contribution is -2.32. The minimum Gasteiger partial charge on any atom is -0.343 e. The first-order valence-corrected chi connectivity index (χ1v) is 5.33. The van der Waals surface area contributed by atoms with Crippen molar-refractivity contribution in [2.75, 3.05) is 13.1 Å². The van der Waals surface area contributed by atoms with Crippen molar-refractivity contribution in [3.05, 3.63) is 0 Å². The van der Waals surface area contributed by atoms with Crippen LogP contribution in [0.25, 0.3) is 0 Å². The minimum atomic E-state index is -4.22. The van der Waals surface area contributed by atoms with Gasteiger partial charge in [0.05, 0.1) is 6.42 Å². The topological polar surface area (TPSA) is 20.3 Å². The quantitative estimate of drug-likeness (QED) is 0.704. The lowest BCUT2D eigenvalue weighted by molar-refractivity contribution is -0.149. The number of hydrogen-bond donors (Lipinski definition) is 0. The lowest BCUT2D eigenvalue weighted by atomic mass is 10.2. The van der Waals surface area contributed by atoms with E-state index in [1.165, 1.54) is 0 Å². The fourth-order valence-corrected chi connectivity index (χ4v) is 1.73. The third-order valence-electron chi connectivity index (χ3n) is 2.58. The fourth-order valence-electron chi connectivity index (χ4n) is 1.73. The smallest absolute Gasteiger partial charge is 0.343 e. The Hall–Kier alpha value is -0.740. The van der Waals surface area contributed by atoms with Crippen LogP contribution in [0.2, 0.25) is 0 Å². The van der Waals surface area contributed by atoms with Crippen LogP contribution in [0.4, 0.5) is 13.2 Å². The van der Waals surface area contributed by atoms with E-state index in [-0.39, 0.29) is 5.91 Å². The average molecular weight is 223 g/mol. The predicted molar refractivity (Wildman–Crippen MR) is 50.3 cm³/mol. The molecule has 1 heterocycles. The average Bonchev–Trinajstić information content (AvgIpc) is 2.41. The Morgan fingerprint density at radius 2 is 1.60 bits per heavy atom. The van der Waals surface area contributed by atoms with Crippen LogP contribution < -0.4 is 0 Å². The van der Waals surface area contributed by atoms with E-state index in [0.717, 1.165) is 25.7 Å². The molecule has 1 amide bonds. The second-order valence-corrected chi connectivity index (χ2v) is 3.91. The Morgan fingerprint density at radius 3 is 2.07 bits per heavy atom. The van der Waals surface area contributed by atoms with Gasteiger partial charge in [-0.1, -0.05) is 12.8 Å². The van der Waals surface area contributed by atoms with Crippen LogP contribution in [0, 0.1) is 0 Å². The van der Waals surface area contributed by atoms with Crippen LogP contribution in [-0.4, -0.2) is 30.1 Å². The van der Waals surface area contributed by atoms with E-state index in [1.54, 1.807) is 4.90 Å². The van der Waals surface area contributed by atoms with Crippen molar-refractivity contribution in [2.24, 2.45) is 0 Å². The highest BCUT2D eigenvalue weighted by atomic mass is 19.4. The molecule has 0 unspecified atom stereocenters. The predicted octanol–water partition coefficient (Wildman–Crippen LogP) is 2.73. The van der Waals surface area contributed by atoms with Gasteiger partial charge in [0.15, 0.2) is 0 Å². The number of rotatable bonds is 2. The van der Waals surface area contributed by atoms with Gasteiger partial charge in [-0.15, -0.1) is 0 Å². The number of carbonyl (C=O) groups excluding carboxylic acids is 1. The van der Waals surface area contributed by atoms with Gasteiger partial charge in [-0.25, -0.2) is 0 Å². The van der Waals surface area contributed by atoms with Gasteiger partial charge in [-0.2, -0.15) is 13.2 Å². The molecule has 15 heavy (non-hydrogen) atoms. The molecule has 2 nitrogen and oxygen atoms in total. The summed E-state index contributed by atoms with van der Waals surface area (Å²) in [6, 6.07) is 0. The Morgan fingerprint density at radius 1 is 1.07 bits per heavy atom. The van der Waals surface area contributed by atoms with Crippen molar-refractivity contribution in [3.8, 4) is 0 Å². The van der Waals surface area contributed by atoms with Crippen LogP contribution in [0.1, 0.15) is 38.5 Å². The zero-order chi connectivity index (χ0) is 11.3. The molecule has 1 fully saturated rings. The Balaban J connectivity index is 2.32. The molecular formula is C10H16F3NO. The zero-order valence-corrected chi connectivity index (χ0v) is 8.65. The number of hydrogen-bond acceptors (Lipinski definition) is 1. The molecule has 1 aliphatic heterocycles. The molecule has 0 radical (unpaired) electrons. The summed E-state index contributed by atoms with van der Waals surface area (Å²) >= 11 is 0. The Bertz CT molecular complexity index is 207. The molecule has 88 valence electrons. The maximum Gasteiger partial charge on any atom is 0.389 e. The van der Waals surface area contributed by atoms with E-state index in [0.29, 0.717) is 13.1 Å². The number of amides is 1. The number of halogens is 3. The van der Waals surface area contributed by atoms with Crippen LogP contribution in [-0.2, 0) is 4.79 Å². The van der Waals surface area contributed by atoms with Crippen LogP contribution >= 0.6 is 0 Å². The van der Waals surface area contributed by atoms with Gasteiger partial charge in [0.25, 0.3) is 0 Å². The second kappa shape index (κ2) is 5.37. The van der Waals surface area contributed by atoms with Gasteiger partial charge in [0.2, 0.25) is 5.91 Å². The maximum absolute atomic E-state index is 11.9. The minimum absolute atomic E-state index is 0.353. The highest BCUT2D eigenvalue weighted by Crippen LogP contribution is 2.22. The SMILES string of the molecule is O=C(CCC(F)(F)F)N1CCCCCC1. The summed E-state index contributed by atoms with van der Waals surface area (Å²) in [6.07, 6.45) is -1.64. The van der Waals surface area contributed by atoms with E-state index >= 15 is 0 Å². The highest BCUT2D eigenvalue weighted by Gasteiger charge is 2.29. The highest BCUT2D eigenvalue weighted by molar-refractivity contribution is 5.76. The van der Waals surface area contributed by atoms with E-state index in [2.05, 4.69) is 0 Å². The number of alkyl halides is 3. The maximum atomic E-state index is 11.9. The number of likely N-dealkylation sites (tertiary alicyclic amines) is 1. The lowest BCUT2D eigenvalue weighted by Gasteiger charge is -2.20. The van der Waals surface area contributed by atoms with Crippen molar-refractivity contribution >= 4 is 5.91 Å². The van der Waals surface area contributed by atoms with Gasteiger partial charge in [-0.05, 0) is 12.8 Å². The summed E-state index contributed by atoms with van der Waals surface area (Å²) in [6.45, 7) is 1.24. The summed E-state index contributed by atoms with van der Waals surface area (Å²) in [5.74, 6) is -0.353.